The molecule has 2 aromatic carbocycles. The number of rotatable bonds is 4. The summed E-state index contributed by atoms with van der Waals surface area (Å²) in [6, 6.07) is 15.6. The van der Waals surface area contributed by atoms with Crippen LogP contribution in [0.3, 0.4) is 0 Å². The molecular formula is C27H33FN2O2. The molecule has 0 bridgehead atoms. The fourth-order valence-electron chi connectivity index (χ4n) is 5.04. The summed E-state index contributed by atoms with van der Waals surface area (Å²) in [6.07, 6.45) is 2.16. The molecule has 2 saturated heterocycles. The van der Waals surface area contributed by atoms with Gasteiger partial charge in [0.25, 0.3) is 0 Å². The second-order valence-electron chi connectivity index (χ2n) is 9.55. The van der Waals surface area contributed by atoms with Gasteiger partial charge in [-0.25, -0.2) is 4.39 Å². The molecule has 5 heteroatoms. The lowest BCUT2D eigenvalue weighted by Crippen LogP contribution is -2.67. The Balaban J connectivity index is 1.53. The molecule has 0 amide bonds. The van der Waals surface area contributed by atoms with E-state index in [1.165, 1.54) is 11.6 Å². The van der Waals surface area contributed by atoms with E-state index >= 15 is 0 Å². The van der Waals surface area contributed by atoms with Crippen LogP contribution in [0.5, 0.6) is 0 Å². The summed E-state index contributed by atoms with van der Waals surface area (Å²) in [6.45, 7) is 6.90. The predicted octanol–water partition coefficient (Wildman–Crippen LogP) is 3.37. The van der Waals surface area contributed by atoms with E-state index in [4.69, 9.17) is 0 Å². The van der Waals surface area contributed by atoms with E-state index in [0.717, 1.165) is 43.6 Å². The normalized spacial score (nSPS) is 24.5. The molecule has 0 saturated carbocycles. The van der Waals surface area contributed by atoms with E-state index in [1.54, 1.807) is 19.9 Å². The van der Waals surface area contributed by atoms with Crippen LogP contribution in [0.25, 0.3) is 0 Å². The van der Waals surface area contributed by atoms with Crippen molar-refractivity contribution in [3.05, 3.63) is 71.0 Å². The number of hydrogen-bond donors (Lipinski definition) is 2. The topological polar surface area (TPSA) is 46.9 Å². The van der Waals surface area contributed by atoms with E-state index in [2.05, 4.69) is 33.8 Å². The van der Waals surface area contributed by atoms with Crippen LogP contribution in [-0.4, -0.2) is 63.9 Å². The minimum absolute atomic E-state index is 0.113. The zero-order chi connectivity index (χ0) is 22.7. The lowest BCUT2D eigenvalue weighted by atomic mass is 9.74. The first-order valence-corrected chi connectivity index (χ1v) is 11.5. The maximum absolute atomic E-state index is 14.2. The van der Waals surface area contributed by atoms with Crippen LogP contribution < -0.4 is 0 Å². The third-order valence-electron chi connectivity index (χ3n) is 6.61. The summed E-state index contributed by atoms with van der Waals surface area (Å²) >= 11 is 0. The number of nitrogens with zero attached hydrogens (tertiary/aromatic N) is 2. The van der Waals surface area contributed by atoms with Crippen LogP contribution in [0.4, 0.5) is 4.39 Å². The Labute approximate surface area is 190 Å². The van der Waals surface area contributed by atoms with E-state index in [1.807, 2.05) is 24.3 Å². The van der Waals surface area contributed by atoms with Gasteiger partial charge in [-0.2, -0.15) is 0 Å². The molecule has 2 aromatic rings. The maximum Gasteiger partial charge on any atom is 0.127 e. The van der Waals surface area contributed by atoms with E-state index < -0.39 is 5.60 Å². The molecule has 0 aliphatic carbocycles. The highest BCUT2D eigenvalue weighted by atomic mass is 19.1. The molecule has 3 atom stereocenters. The standard InChI is InChI=1S/C27H33FN2O2/c1-27(2,32)14-13-20-9-11-21(12-10-20)26-24-18-29(17-22-7-3-4-8-23(22)28)15-5-6-16-30(24)25(26)19-31/h3-4,7-12,24-26,31-32H,5-6,15-19H2,1-2H3/t24-,25+,26-/m0/s1. The molecule has 0 radical (unpaired) electrons. The fourth-order valence-corrected chi connectivity index (χ4v) is 5.04. The van der Waals surface area contributed by atoms with Crippen LogP contribution in [0.1, 0.15) is 49.3 Å². The largest absolute Gasteiger partial charge is 0.395 e. The molecule has 4 rings (SSSR count). The maximum atomic E-state index is 14.2. The van der Waals surface area contributed by atoms with E-state index in [-0.39, 0.29) is 24.4 Å². The molecule has 2 aliphatic rings. The Morgan fingerprint density at radius 1 is 1.06 bits per heavy atom. The Bertz CT molecular complexity index is 974. The lowest BCUT2D eigenvalue weighted by Gasteiger charge is -2.57. The molecular weight excluding hydrogens is 403 g/mol. The minimum atomic E-state index is -1.02. The summed E-state index contributed by atoms with van der Waals surface area (Å²) in [7, 11) is 0. The summed E-state index contributed by atoms with van der Waals surface area (Å²) in [4.78, 5) is 4.79. The van der Waals surface area contributed by atoms with Gasteiger partial charge >= 0.3 is 0 Å². The highest BCUT2D eigenvalue weighted by molar-refractivity contribution is 5.40. The summed E-state index contributed by atoms with van der Waals surface area (Å²) in [5, 5.41) is 20.0. The molecule has 0 spiro atoms. The summed E-state index contributed by atoms with van der Waals surface area (Å²) < 4.78 is 14.2. The van der Waals surface area contributed by atoms with Crippen molar-refractivity contribution >= 4 is 0 Å². The van der Waals surface area contributed by atoms with Gasteiger partial charge in [0.1, 0.15) is 11.4 Å². The number of aliphatic hydroxyl groups excluding tert-OH is 1. The molecule has 0 unspecified atom stereocenters. The van der Waals surface area contributed by atoms with E-state index in [0.29, 0.717) is 12.6 Å². The molecule has 2 fully saturated rings. The van der Waals surface area contributed by atoms with Crippen molar-refractivity contribution in [2.75, 3.05) is 26.2 Å². The van der Waals surface area contributed by atoms with Crippen molar-refractivity contribution in [2.24, 2.45) is 0 Å². The van der Waals surface area contributed by atoms with Gasteiger partial charge in [0.15, 0.2) is 0 Å². The molecule has 0 aromatic heterocycles. The lowest BCUT2D eigenvalue weighted by molar-refractivity contribution is -0.0656. The van der Waals surface area contributed by atoms with Gasteiger partial charge in [0, 0.05) is 42.2 Å². The van der Waals surface area contributed by atoms with Gasteiger partial charge in [-0.05, 0) is 63.5 Å². The Hall–Kier alpha value is -2.23. The van der Waals surface area contributed by atoms with Gasteiger partial charge in [-0.15, -0.1) is 0 Å². The average Bonchev–Trinajstić information content (AvgIpc) is 2.74. The first-order chi connectivity index (χ1) is 15.4. The fraction of sp³-hybridized carbons (Fsp3) is 0.481. The zero-order valence-electron chi connectivity index (χ0n) is 19.0. The summed E-state index contributed by atoms with van der Waals surface area (Å²) in [5.74, 6) is 5.96. The van der Waals surface area contributed by atoms with Crippen LogP contribution in [0.2, 0.25) is 0 Å². The highest BCUT2D eigenvalue weighted by Crippen LogP contribution is 2.42. The Morgan fingerprint density at radius 2 is 1.78 bits per heavy atom. The van der Waals surface area contributed by atoms with Crippen LogP contribution >= 0.6 is 0 Å². The van der Waals surface area contributed by atoms with E-state index in [9.17, 15) is 14.6 Å². The molecule has 2 heterocycles. The van der Waals surface area contributed by atoms with Crippen molar-refractivity contribution in [2.45, 2.75) is 56.8 Å². The zero-order valence-corrected chi connectivity index (χ0v) is 19.0. The molecule has 2 aliphatic heterocycles. The first kappa shape index (κ1) is 22.9. The van der Waals surface area contributed by atoms with Gasteiger partial charge in [-0.1, -0.05) is 42.2 Å². The van der Waals surface area contributed by atoms with Gasteiger partial charge in [0.05, 0.1) is 6.61 Å². The van der Waals surface area contributed by atoms with Gasteiger partial charge in [-0.3, -0.25) is 9.80 Å². The second kappa shape index (κ2) is 9.72. The van der Waals surface area contributed by atoms with Gasteiger partial charge in [0.2, 0.25) is 0 Å². The first-order valence-electron chi connectivity index (χ1n) is 11.5. The highest BCUT2D eigenvalue weighted by Gasteiger charge is 2.49. The van der Waals surface area contributed by atoms with Gasteiger partial charge < -0.3 is 10.2 Å². The number of halogens is 1. The SMILES string of the molecule is CC(C)(O)C#Cc1ccc([C@@H]2[C@@H](CO)N3CCCCN(Cc4ccccc4F)C[C@@H]23)cc1. The third kappa shape index (κ3) is 5.22. The van der Waals surface area contributed by atoms with Crippen molar-refractivity contribution in [1.82, 2.24) is 9.80 Å². The average molecular weight is 437 g/mol. The smallest absolute Gasteiger partial charge is 0.127 e. The van der Waals surface area contributed by atoms with Crippen molar-refractivity contribution in [3.63, 3.8) is 0 Å². The number of fused-ring (bicyclic) bond motifs is 1. The minimum Gasteiger partial charge on any atom is -0.395 e. The number of aliphatic hydroxyl groups is 2. The van der Waals surface area contributed by atoms with Crippen molar-refractivity contribution < 1.29 is 14.6 Å². The molecule has 2 N–H and O–H groups in total. The molecule has 170 valence electrons. The second-order valence-corrected chi connectivity index (χ2v) is 9.55. The van der Waals surface area contributed by atoms with Crippen molar-refractivity contribution in [3.8, 4) is 11.8 Å². The summed E-state index contributed by atoms with van der Waals surface area (Å²) in [5.41, 5.74) is 1.79. The Kier molecular flexibility index (Phi) is 6.97. The number of hydrogen-bond acceptors (Lipinski definition) is 4. The Morgan fingerprint density at radius 3 is 2.47 bits per heavy atom. The van der Waals surface area contributed by atoms with Crippen LogP contribution in [0.15, 0.2) is 48.5 Å². The quantitative estimate of drug-likeness (QED) is 0.722. The predicted molar refractivity (Wildman–Crippen MR) is 125 cm³/mol. The monoisotopic (exact) mass is 436 g/mol. The third-order valence-corrected chi connectivity index (χ3v) is 6.61. The molecule has 4 nitrogen and oxygen atoms in total. The van der Waals surface area contributed by atoms with Crippen LogP contribution in [0, 0.1) is 17.7 Å². The van der Waals surface area contributed by atoms with Crippen molar-refractivity contribution in [1.29, 1.82) is 0 Å². The molecule has 32 heavy (non-hydrogen) atoms. The number of benzene rings is 2. The van der Waals surface area contributed by atoms with Crippen LogP contribution in [-0.2, 0) is 6.54 Å².